The Balaban J connectivity index is 2.13. The molecular formula is C17H21FN2O. The second kappa shape index (κ2) is 6.73. The molecule has 1 aromatic rings. The number of hydrogen-bond acceptors (Lipinski definition) is 2. The molecule has 1 aliphatic heterocycles. The van der Waals surface area contributed by atoms with Crippen molar-refractivity contribution in [2.75, 3.05) is 19.6 Å². The number of amides is 1. The molecule has 1 heterocycles. The number of likely N-dealkylation sites (tertiary alicyclic amines) is 1. The first kappa shape index (κ1) is 15.5. The number of benzene rings is 1. The van der Waals surface area contributed by atoms with Crippen LogP contribution in [0.5, 0.6) is 0 Å². The molecule has 1 fully saturated rings. The van der Waals surface area contributed by atoms with Crippen molar-refractivity contribution in [1.82, 2.24) is 4.90 Å². The molecule has 0 aromatic heterocycles. The molecule has 21 heavy (non-hydrogen) atoms. The van der Waals surface area contributed by atoms with E-state index >= 15 is 0 Å². The van der Waals surface area contributed by atoms with Crippen molar-refractivity contribution in [2.24, 2.45) is 17.6 Å². The quantitative estimate of drug-likeness (QED) is 0.849. The van der Waals surface area contributed by atoms with Crippen LogP contribution in [0.15, 0.2) is 18.2 Å². The number of rotatable bonds is 2. The summed E-state index contributed by atoms with van der Waals surface area (Å²) in [5.74, 6) is 5.74. The molecule has 4 heteroatoms. The molecule has 2 rings (SSSR count). The van der Waals surface area contributed by atoms with Crippen LogP contribution in [-0.4, -0.2) is 30.4 Å². The standard InChI is InChI=1S/C17H21FN2O/c1-12(2)14-7-9-20(11-14)17(21)15-6-5-13(4-3-8-19)10-16(15)18/h5-6,10,12,14H,7-9,11,19H2,1-2H3. The van der Waals surface area contributed by atoms with Crippen LogP contribution < -0.4 is 5.73 Å². The zero-order valence-electron chi connectivity index (χ0n) is 12.5. The van der Waals surface area contributed by atoms with Crippen LogP contribution in [0.25, 0.3) is 0 Å². The number of carbonyl (C=O) groups is 1. The summed E-state index contributed by atoms with van der Waals surface area (Å²) < 4.78 is 14.1. The molecule has 0 radical (unpaired) electrons. The van der Waals surface area contributed by atoms with E-state index in [-0.39, 0.29) is 18.0 Å². The number of nitrogens with two attached hydrogens (primary N) is 1. The van der Waals surface area contributed by atoms with E-state index in [1.165, 1.54) is 12.1 Å². The van der Waals surface area contributed by atoms with E-state index in [0.717, 1.165) is 6.42 Å². The van der Waals surface area contributed by atoms with E-state index in [1.54, 1.807) is 11.0 Å². The van der Waals surface area contributed by atoms with Crippen molar-refractivity contribution in [3.8, 4) is 11.8 Å². The van der Waals surface area contributed by atoms with Crippen LogP contribution >= 0.6 is 0 Å². The van der Waals surface area contributed by atoms with Gasteiger partial charge in [-0.15, -0.1) is 0 Å². The van der Waals surface area contributed by atoms with Crippen LogP contribution in [0.2, 0.25) is 0 Å². The monoisotopic (exact) mass is 288 g/mol. The van der Waals surface area contributed by atoms with Gasteiger partial charge in [0.25, 0.3) is 5.91 Å². The molecule has 0 bridgehead atoms. The molecule has 3 nitrogen and oxygen atoms in total. The second-order valence-electron chi connectivity index (χ2n) is 5.74. The lowest BCUT2D eigenvalue weighted by Gasteiger charge is -2.18. The Morgan fingerprint density at radius 1 is 1.52 bits per heavy atom. The summed E-state index contributed by atoms with van der Waals surface area (Å²) >= 11 is 0. The summed E-state index contributed by atoms with van der Waals surface area (Å²) in [6.45, 7) is 5.96. The fraction of sp³-hybridized carbons (Fsp3) is 0.471. The molecule has 112 valence electrons. The molecule has 0 aliphatic carbocycles. The molecule has 2 N–H and O–H groups in total. The third-order valence-electron chi connectivity index (χ3n) is 3.99. The number of hydrogen-bond donors (Lipinski definition) is 1. The van der Waals surface area contributed by atoms with Crippen molar-refractivity contribution in [3.05, 3.63) is 35.1 Å². The van der Waals surface area contributed by atoms with Crippen LogP contribution in [0.4, 0.5) is 4.39 Å². The Hall–Kier alpha value is -1.86. The average Bonchev–Trinajstić information content (AvgIpc) is 2.94. The molecule has 1 aliphatic rings. The molecule has 1 unspecified atom stereocenters. The minimum Gasteiger partial charge on any atom is -0.338 e. The lowest BCUT2D eigenvalue weighted by atomic mass is 9.95. The summed E-state index contributed by atoms with van der Waals surface area (Å²) in [5, 5.41) is 0. The van der Waals surface area contributed by atoms with Crippen LogP contribution in [0, 0.1) is 29.5 Å². The van der Waals surface area contributed by atoms with Gasteiger partial charge in [-0.25, -0.2) is 4.39 Å². The maximum atomic E-state index is 14.1. The SMILES string of the molecule is CC(C)C1CCN(C(=O)c2ccc(C#CCN)cc2F)C1. The van der Waals surface area contributed by atoms with Gasteiger partial charge in [-0.2, -0.15) is 0 Å². The average molecular weight is 288 g/mol. The molecule has 1 amide bonds. The largest absolute Gasteiger partial charge is 0.338 e. The Morgan fingerprint density at radius 3 is 2.86 bits per heavy atom. The smallest absolute Gasteiger partial charge is 0.256 e. The Morgan fingerprint density at radius 2 is 2.29 bits per heavy atom. The highest BCUT2D eigenvalue weighted by molar-refractivity contribution is 5.94. The first-order valence-electron chi connectivity index (χ1n) is 7.30. The van der Waals surface area contributed by atoms with Gasteiger partial charge in [0.15, 0.2) is 0 Å². The topological polar surface area (TPSA) is 46.3 Å². The van der Waals surface area contributed by atoms with Gasteiger partial charge in [0.05, 0.1) is 12.1 Å². The summed E-state index contributed by atoms with van der Waals surface area (Å²) in [6, 6.07) is 4.47. The molecule has 1 aromatic carbocycles. The number of carbonyl (C=O) groups excluding carboxylic acids is 1. The predicted molar refractivity (Wildman–Crippen MR) is 81.2 cm³/mol. The highest BCUT2D eigenvalue weighted by Gasteiger charge is 2.29. The van der Waals surface area contributed by atoms with Gasteiger partial charge in [-0.05, 0) is 36.5 Å². The van der Waals surface area contributed by atoms with Crippen molar-refractivity contribution >= 4 is 5.91 Å². The predicted octanol–water partition coefficient (Wildman–Crippen LogP) is 2.25. The summed E-state index contributed by atoms with van der Waals surface area (Å²) in [4.78, 5) is 14.1. The van der Waals surface area contributed by atoms with E-state index in [9.17, 15) is 9.18 Å². The molecule has 0 saturated carbocycles. The Labute approximate surface area is 125 Å². The maximum Gasteiger partial charge on any atom is 0.256 e. The van der Waals surface area contributed by atoms with Crippen molar-refractivity contribution in [1.29, 1.82) is 0 Å². The van der Waals surface area contributed by atoms with Gasteiger partial charge in [-0.3, -0.25) is 4.79 Å². The summed E-state index contributed by atoms with van der Waals surface area (Å²) in [5.41, 5.74) is 5.95. The van der Waals surface area contributed by atoms with E-state index in [4.69, 9.17) is 5.73 Å². The molecule has 1 atom stereocenters. The van der Waals surface area contributed by atoms with Gasteiger partial charge in [0.2, 0.25) is 0 Å². The zero-order chi connectivity index (χ0) is 15.4. The molecule has 0 spiro atoms. The number of halogens is 1. The van der Waals surface area contributed by atoms with Gasteiger partial charge in [0, 0.05) is 18.7 Å². The van der Waals surface area contributed by atoms with E-state index < -0.39 is 5.82 Å². The zero-order valence-corrected chi connectivity index (χ0v) is 12.5. The maximum absolute atomic E-state index is 14.1. The Bertz CT molecular complexity index is 586. The van der Waals surface area contributed by atoms with Crippen molar-refractivity contribution in [3.63, 3.8) is 0 Å². The first-order chi connectivity index (χ1) is 10.0. The van der Waals surface area contributed by atoms with Crippen LogP contribution in [0.1, 0.15) is 36.2 Å². The highest BCUT2D eigenvalue weighted by atomic mass is 19.1. The highest BCUT2D eigenvalue weighted by Crippen LogP contribution is 2.25. The lowest BCUT2D eigenvalue weighted by molar-refractivity contribution is 0.0779. The van der Waals surface area contributed by atoms with Gasteiger partial charge in [-0.1, -0.05) is 25.7 Å². The fourth-order valence-corrected chi connectivity index (χ4v) is 2.61. The third-order valence-corrected chi connectivity index (χ3v) is 3.99. The first-order valence-corrected chi connectivity index (χ1v) is 7.30. The normalized spacial score (nSPS) is 17.8. The summed E-state index contributed by atoms with van der Waals surface area (Å²) in [6.07, 6.45) is 0.991. The molecular weight excluding hydrogens is 267 g/mol. The van der Waals surface area contributed by atoms with Gasteiger partial charge < -0.3 is 10.6 Å². The van der Waals surface area contributed by atoms with E-state index in [2.05, 4.69) is 25.7 Å². The second-order valence-corrected chi connectivity index (χ2v) is 5.74. The minimum absolute atomic E-state index is 0.123. The van der Waals surface area contributed by atoms with Crippen LogP contribution in [-0.2, 0) is 0 Å². The van der Waals surface area contributed by atoms with Crippen molar-refractivity contribution < 1.29 is 9.18 Å². The van der Waals surface area contributed by atoms with Crippen molar-refractivity contribution in [2.45, 2.75) is 20.3 Å². The van der Waals surface area contributed by atoms with Crippen LogP contribution in [0.3, 0.4) is 0 Å². The van der Waals surface area contributed by atoms with Gasteiger partial charge >= 0.3 is 0 Å². The van der Waals surface area contributed by atoms with E-state index in [1.807, 2.05) is 0 Å². The lowest BCUT2D eigenvalue weighted by Crippen LogP contribution is -2.30. The fourth-order valence-electron chi connectivity index (χ4n) is 2.61. The Kier molecular flexibility index (Phi) is 4.98. The third kappa shape index (κ3) is 3.62. The number of nitrogens with zero attached hydrogens (tertiary/aromatic N) is 1. The minimum atomic E-state index is -0.517. The van der Waals surface area contributed by atoms with Gasteiger partial charge in [0.1, 0.15) is 5.82 Å². The summed E-state index contributed by atoms with van der Waals surface area (Å²) in [7, 11) is 0. The van der Waals surface area contributed by atoms with E-state index in [0.29, 0.717) is 30.5 Å². The molecule has 1 saturated heterocycles.